The molecule has 0 heteroatoms. The number of hydrogen-bond donors (Lipinski definition) is 0. The van der Waals surface area contributed by atoms with Gasteiger partial charge < -0.3 is 0 Å². The maximum Gasteiger partial charge on any atom is -0.0313 e. The van der Waals surface area contributed by atoms with E-state index in [-0.39, 0.29) is 0 Å². The third-order valence-electron chi connectivity index (χ3n) is 1.17. The van der Waals surface area contributed by atoms with Gasteiger partial charge in [0.15, 0.2) is 0 Å². The van der Waals surface area contributed by atoms with Crippen molar-refractivity contribution in [2.45, 2.75) is 40.0 Å². The molecule has 0 aliphatic heterocycles. The molecule has 0 aromatic carbocycles. The van der Waals surface area contributed by atoms with E-state index in [1.807, 2.05) is 19.9 Å². The standard InChI is InChI=1S/C6H8.C4H8.C2H6.C2H4/c1-2-4-6-5-3-1;1-3-4-2;2*1-2/h1-4H,5-6H2;3H,1,4H2,2H3;1-2H3;1-2H2. The fourth-order valence-electron chi connectivity index (χ4n) is 0.542. The molecule has 0 radical (unpaired) electrons. The van der Waals surface area contributed by atoms with Gasteiger partial charge in [0.05, 0.1) is 0 Å². The fourth-order valence-corrected chi connectivity index (χ4v) is 0.542. The first-order valence-electron chi connectivity index (χ1n) is 5.34. The maximum absolute atomic E-state index is 3.48. The Labute approximate surface area is 90.7 Å². The van der Waals surface area contributed by atoms with Crippen LogP contribution in [0.5, 0.6) is 0 Å². The number of rotatable bonds is 1. The first kappa shape index (κ1) is 18.7. The molecule has 0 fully saturated rings. The highest BCUT2D eigenvalue weighted by molar-refractivity contribution is 5.07. The van der Waals surface area contributed by atoms with E-state index < -0.39 is 0 Å². The summed E-state index contributed by atoms with van der Waals surface area (Å²) in [6.07, 6.45) is 14.0. The summed E-state index contributed by atoms with van der Waals surface area (Å²) < 4.78 is 0. The Balaban J connectivity index is -0.000000134. The molecular formula is C14H26. The molecule has 0 amide bonds. The lowest BCUT2D eigenvalue weighted by atomic mass is 10.2. The molecule has 0 saturated carbocycles. The van der Waals surface area contributed by atoms with Crippen LogP contribution in [0.4, 0.5) is 0 Å². The largest absolute Gasteiger partial charge is 0.106 e. The van der Waals surface area contributed by atoms with Gasteiger partial charge in [-0.05, 0) is 19.3 Å². The Bertz CT molecular complexity index is 117. The lowest BCUT2D eigenvalue weighted by Crippen LogP contribution is -1.67. The van der Waals surface area contributed by atoms with Gasteiger partial charge in [0.1, 0.15) is 0 Å². The van der Waals surface area contributed by atoms with Crippen molar-refractivity contribution in [3.05, 3.63) is 50.1 Å². The molecule has 0 heterocycles. The molecule has 0 atom stereocenters. The highest BCUT2D eigenvalue weighted by atomic mass is 13.8. The third kappa shape index (κ3) is 30.6. The molecule has 1 rings (SSSR count). The highest BCUT2D eigenvalue weighted by Gasteiger charge is 1.77. The van der Waals surface area contributed by atoms with Crippen LogP contribution in [0.2, 0.25) is 0 Å². The van der Waals surface area contributed by atoms with Crippen LogP contribution in [0.1, 0.15) is 40.0 Å². The normalized spacial score (nSPS) is 10.5. The topological polar surface area (TPSA) is 0 Å². The molecule has 14 heavy (non-hydrogen) atoms. The summed E-state index contributed by atoms with van der Waals surface area (Å²) in [5.41, 5.74) is 0. The van der Waals surface area contributed by atoms with Gasteiger partial charge in [-0.3, -0.25) is 0 Å². The van der Waals surface area contributed by atoms with E-state index in [1.165, 1.54) is 12.8 Å². The van der Waals surface area contributed by atoms with E-state index in [9.17, 15) is 0 Å². The average Bonchev–Trinajstić information content (AvgIpc) is 2.36. The second kappa shape index (κ2) is 29.7. The molecule has 0 N–H and O–H groups in total. The molecule has 0 unspecified atom stereocenters. The zero-order chi connectivity index (χ0) is 11.7. The van der Waals surface area contributed by atoms with Gasteiger partial charge in [-0.1, -0.05) is 51.2 Å². The maximum atomic E-state index is 3.48. The van der Waals surface area contributed by atoms with Crippen LogP contribution in [0.15, 0.2) is 50.1 Å². The van der Waals surface area contributed by atoms with Crippen molar-refractivity contribution in [2.24, 2.45) is 0 Å². The van der Waals surface area contributed by atoms with Crippen LogP contribution in [0.3, 0.4) is 0 Å². The number of hydrogen-bond acceptors (Lipinski definition) is 0. The molecular weight excluding hydrogens is 168 g/mol. The minimum absolute atomic E-state index is 1.08. The van der Waals surface area contributed by atoms with Crippen molar-refractivity contribution in [2.75, 3.05) is 0 Å². The average molecular weight is 194 g/mol. The van der Waals surface area contributed by atoms with Crippen molar-refractivity contribution >= 4 is 0 Å². The predicted molar refractivity (Wildman–Crippen MR) is 70.6 cm³/mol. The summed E-state index contributed by atoms with van der Waals surface area (Å²) in [5, 5.41) is 0. The zero-order valence-electron chi connectivity index (χ0n) is 10.1. The van der Waals surface area contributed by atoms with Crippen molar-refractivity contribution in [3.63, 3.8) is 0 Å². The summed E-state index contributed by atoms with van der Waals surface area (Å²) >= 11 is 0. The van der Waals surface area contributed by atoms with Crippen LogP contribution in [-0.2, 0) is 0 Å². The van der Waals surface area contributed by atoms with Gasteiger partial charge in [0.25, 0.3) is 0 Å². The summed E-state index contributed by atoms with van der Waals surface area (Å²) in [4.78, 5) is 0. The van der Waals surface area contributed by atoms with Gasteiger partial charge in [-0.15, -0.1) is 19.7 Å². The molecule has 1 aliphatic rings. The Kier molecular flexibility index (Phi) is 39.6. The smallest absolute Gasteiger partial charge is 0.0313 e. The Morgan fingerprint density at radius 3 is 1.43 bits per heavy atom. The molecule has 0 bridgehead atoms. The lowest BCUT2D eigenvalue weighted by Gasteiger charge is -1.88. The summed E-state index contributed by atoms with van der Waals surface area (Å²) in [5.74, 6) is 0. The second-order valence-electron chi connectivity index (χ2n) is 2.13. The summed E-state index contributed by atoms with van der Waals surface area (Å²) in [6, 6.07) is 0. The quantitative estimate of drug-likeness (QED) is 0.497. The fraction of sp³-hybridized carbons (Fsp3) is 0.429. The van der Waals surface area contributed by atoms with Crippen LogP contribution >= 0.6 is 0 Å². The second-order valence-corrected chi connectivity index (χ2v) is 2.13. The van der Waals surface area contributed by atoms with Crippen LogP contribution in [-0.4, -0.2) is 0 Å². The van der Waals surface area contributed by atoms with E-state index in [0.717, 1.165) is 6.42 Å². The lowest BCUT2D eigenvalue weighted by molar-refractivity contribution is 1.04. The zero-order valence-corrected chi connectivity index (χ0v) is 10.1. The monoisotopic (exact) mass is 194 g/mol. The minimum Gasteiger partial charge on any atom is -0.106 e. The Hall–Kier alpha value is -1.04. The van der Waals surface area contributed by atoms with Crippen LogP contribution < -0.4 is 0 Å². The summed E-state index contributed by atoms with van der Waals surface area (Å²) in [6.45, 7) is 15.5. The Morgan fingerprint density at radius 2 is 1.36 bits per heavy atom. The van der Waals surface area contributed by atoms with E-state index in [0.29, 0.717) is 0 Å². The van der Waals surface area contributed by atoms with Crippen LogP contribution in [0.25, 0.3) is 0 Å². The van der Waals surface area contributed by atoms with Gasteiger partial charge in [-0.2, -0.15) is 0 Å². The Morgan fingerprint density at radius 1 is 1.07 bits per heavy atom. The van der Waals surface area contributed by atoms with Gasteiger partial charge >= 0.3 is 0 Å². The number of allylic oxidation sites excluding steroid dienone is 5. The van der Waals surface area contributed by atoms with Gasteiger partial charge in [-0.25, -0.2) is 0 Å². The van der Waals surface area contributed by atoms with Crippen LogP contribution in [0, 0.1) is 0 Å². The first-order valence-corrected chi connectivity index (χ1v) is 5.34. The molecule has 0 nitrogen and oxygen atoms in total. The van der Waals surface area contributed by atoms with Crippen molar-refractivity contribution < 1.29 is 0 Å². The molecule has 82 valence electrons. The molecule has 0 spiro atoms. The molecule has 0 saturated heterocycles. The molecule has 0 aromatic heterocycles. The SMILES string of the molecule is C1=CCCC=C1.C=C.C=CCC.CC. The van der Waals surface area contributed by atoms with Crippen molar-refractivity contribution in [1.82, 2.24) is 0 Å². The van der Waals surface area contributed by atoms with Crippen molar-refractivity contribution in [3.8, 4) is 0 Å². The summed E-state index contributed by atoms with van der Waals surface area (Å²) in [7, 11) is 0. The first-order chi connectivity index (χ1) is 6.91. The van der Waals surface area contributed by atoms with Gasteiger partial charge in [0.2, 0.25) is 0 Å². The molecule has 1 aliphatic carbocycles. The minimum atomic E-state index is 1.08. The van der Waals surface area contributed by atoms with E-state index >= 15 is 0 Å². The predicted octanol–water partition coefficient (Wildman–Crippen LogP) is 5.30. The third-order valence-corrected chi connectivity index (χ3v) is 1.17. The van der Waals surface area contributed by atoms with Crippen molar-refractivity contribution in [1.29, 1.82) is 0 Å². The van der Waals surface area contributed by atoms with E-state index in [1.54, 1.807) is 0 Å². The van der Waals surface area contributed by atoms with E-state index in [4.69, 9.17) is 0 Å². The van der Waals surface area contributed by atoms with E-state index in [2.05, 4.69) is 51.0 Å². The van der Waals surface area contributed by atoms with Gasteiger partial charge in [0, 0.05) is 0 Å². The molecule has 0 aromatic rings. The highest BCUT2D eigenvalue weighted by Crippen LogP contribution is 1.98.